The highest BCUT2D eigenvalue weighted by Crippen LogP contribution is 2.42. The van der Waals surface area contributed by atoms with Crippen molar-refractivity contribution in [3.63, 3.8) is 0 Å². The summed E-state index contributed by atoms with van der Waals surface area (Å²) in [5.74, 6) is 0.498. The van der Waals surface area contributed by atoms with E-state index in [1.165, 1.54) is 12.5 Å². The molecule has 5 heteroatoms. The number of aryl methyl sites for hydroxylation is 1. The van der Waals surface area contributed by atoms with Crippen molar-refractivity contribution in [3.05, 3.63) is 29.3 Å². The van der Waals surface area contributed by atoms with Gasteiger partial charge in [0, 0.05) is 12.1 Å². The Kier molecular flexibility index (Phi) is 4.00. The van der Waals surface area contributed by atoms with Crippen LogP contribution in [-0.4, -0.2) is 24.8 Å². The van der Waals surface area contributed by atoms with E-state index in [1.54, 1.807) is 23.4 Å². The highest BCUT2D eigenvalue weighted by Gasteiger charge is 2.46. The normalized spacial score (nSPS) is 29.0. The van der Waals surface area contributed by atoms with E-state index in [0.29, 0.717) is 21.9 Å². The van der Waals surface area contributed by atoms with Crippen LogP contribution in [0.2, 0.25) is 0 Å². The number of fused-ring (bicyclic) bond motifs is 1. The fourth-order valence-electron chi connectivity index (χ4n) is 4.14. The quantitative estimate of drug-likeness (QED) is 0.841. The van der Waals surface area contributed by atoms with E-state index in [9.17, 15) is 8.42 Å². The van der Waals surface area contributed by atoms with Gasteiger partial charge in [-0.2, -0.15) is 9.57 Å². The third-order valence-electron chi connectivity index (χ3n) is 5.15. The fourth-order valence-corrected chi connectivity index (χ4v) is 6.32. The van der Waals surface area contributed by atoms with Crippen LogP contribution in [0.15, 0.2) is 23.1 Å². The van der Waals surface area contributed by atoms with Crippen LogP contribution < -0.4 is 0 Å². The molecule has 22 heavy (non-hydrogen) atoms. The summed E-state index contributed by atoms with van der Waals surface area (Å²) in [6.07, 6.45) is 5.38. The Morgan fingerprint density at radius 2 is 2.00 bits per heavy atom. The van der Waals surface area contributed by atoms with Crippen molar-refractivity contribution in [2.24, 2.45) is 5.92 Å². The van der Waals surface area contributed by atoms with Crippen LogP contribution in [0.25, 0.3) is 0 Å². The first-order valence-corrected chi connectivity index (χ1v) is 9.43. The molecule has 118 valence electrons. The minimum Gasteiger partial charge on any atom is -0.207 e. The molecule has 1 saturated carbocycles. The monoisotopic (exact) mass is 318 g/mol. The van der Waals surface area contributed by atoms with Crippen molar-refractivity contribution in [2.45, 2.75) is 62.9 Å². The zero-order valence-electron chi connectivity index (χ0n) is 13.1. The predicted molar refractivity (Wildman–Crippen MR) is 84.7 cm³/mol. The molecule has 0 bridgehead atoms. The van der Waals surface area contributed by atoms with Gasteiger partial charge in [0.1, 0.15) is 0 Å². The van der Waals surface area contributed by atoms with Gasteiger partial charge in [-0.1, -0.05) is 18.9 Å². The maximum atomic E-state index is 13.2. The number of sulfonamides is 1. The van der Waals surface area contributed by atoms with Crippen LogP contribution >= 0.6 is 0 Å². The predicted octanol–water partition coefficient (Wildman–Crippen LogP) is 3.21. The van der Waals surface area contributed by atoms with E-state index in [-0.39, 0.29) is 12.1 Å². The Bertz CT molecular complexity index is 721. The fraction of sp³-hybridized carbons (Fsp3) is 0.588. The standard InChI is InChI=1S/C17H22N2O2S/c1-12-7-8-14(11-18)10-17(12)22(20,21)19-13(2)9-15-5-3-4-6-16(15)19/h7-8,10,13,15-16H,3-6,9H2,1-2H3/t13-,15+,16+/m1/s1. The topological polar surface area (TPSA) is 61.2 Å². The molecule has 1 aliphatic heterocycles. The number of nitrogens with zero attached hydrogens (tertiary/aromatic N) is 2. The second kappa shape index (κ2) is 5.68. The van der Waals surface area contributed by atoms with Gasteiger partial charge in [0.2, 0.25) is 10.0 Å². The molecule has 2 aliphatic rings. The number of hydrogen-bond acceptors (Lipinski definition) is 3. The summed E-state index contributed by atoms with van der Waals surface area (Å²) in [5, 5.41) is 9.06. The van der Waals surface area contributed by atoms with Crippen molar-refractivity contribution >= 4 is 10.0 Å². The molecule has 0 amide bonds. The van der Waals surface area contributed by atoms with Crippen LogP contribution in [0.3, 0.4) is 0 Å². The molecule has 0 unspecified atom stereocenters. The van der Waals surface area contributed by atoms with Crippen LogP contribution in [0, 0.1) is 24.2 Å². The third-order valence-corrected chi connectivity index (χ3v) is 7.33. The molecule has 1 saturated heterocycles. The molecule has 1 aliphatic carbocycles. The molecule has 0 N–H and O–H groups in total. The molecule has 2 fully saturated rings. The highest BCUT2D eigenvalue weighted by molar-refractivity contribution is 7.89. The first kappa shape index (κ1) is 15.5. The molecule has 0 aromatic heterocycles. The van der Waals surface area contributed by atoms with Crippen molar-refractivity contribution in [2.75, 3.05) is 0 Å². The molecule has 1 aromatic rings. The van der Waals surface area contributed by atoms with E-state index in [2.05, 4.69) is 0 Å². The lowest BCUT2D eigenvalue weighted by molar-refractivity contribution is 0.248. The minimum atomic E-state index is -3.54. The summed E-state index contributed by atoms with van der Waals surface area (Å²) in [5.41, 5.74) is 1.11. The van der Waals surface area contributed by atoms with E-state index in [4.69, 9.17) is 5.26 Å². The largest absolute Gasteiger partial charge is 0.243 e. The average Bonchev–Trinajstić information content (AvgIpc) is 2.84. The lowest BCUT2D eigenvalue weighted by Crippen LogP contribution is -2.42. The van der Waals surface area contributed by atoms with Crippen LogP contribution in [-0.2, 0) is 10.0 Å². The molecule has 0 spiro atoms. The molecule has 3 rings (SSSR count). The van der Waals surface area contributed by atoms with Crippen LogP contribution in [0.1, 0.15) is 50.2 Å². The summed E-state index contributed by atoms with van der Waals surface area (Å²) >= 11 is 0. The number of benzene rings is 1. The second-order valence-electron chi connectivity index (χ2n) is 6.62. The first-order valence-electron chi connectivity index (χ1n) is 7.99. The van der Waals surface area contributed by atoms with Crippen molar-refractivity contribution < 1.29 is 8.42 Å². The average molecular weight is 318 g/mol. The van der Waals surface area contributed by atoms with Gasteiger partial charge in [-0.15, -0.1) is 0 Å². The molecule has 1 heterocycles. The number of rotatable bonds is 2. The Labute approximate surface area is 132 Å². The highest BCUT2D eigenvalue weighted by atomic mass is 32.2. The van der Waals surface area contributed by atoms with Gasteiger partial charge >= 0.3 is 0 Å². The summed E-state index contributed by atoms with van der Waals surface area (Å²) < 4.78 is 28.1. The van der Waals surface area contributed by atoms with Crippen molar-refractivity contribution in [1.29, 1.82) is 5.26 Å². The van der Waals surface area contributed by atoms with Crippen molar-refractivity contribution in [1.82, 2.24) is 4.31 Å². The van der Waals surface area contributed by atoms with E-state index < -0.39 is 10.0 Å². The molecular weight excluding hydrogens is 296 g/mol. The maximum absolute atomic E-state index is 13.2. The lowest BCUT2D eigenvalue weighted by Gasteiger charge is -2.32. The van der Waals surface area contributed by atoms with Crippen LogP contribution in [0.5, 0.6) is 0 Å². The van der Waals surface area contributed by atoms with Gasteiger partial charge in [-0.05, 0) is 56.7 Å². The van der Waals surface area contributed by atoms with E-state index in [0.717, 1.165) is 25.7 Å². The summed E-state index contributed by atoms with van der Waals surface area (Å²) in [6.45, 7) is 3.81. The summed E-state index contributed by atoms with van der Waals surface area (Å²) in [7, 11) is -3.54. The maximum Gasteiger partial charge on any atom is 0.243 e. The summed E-state index contributed by atoms with van der Waals surface area (Å²) in [6, 6.07) is 7.14. The molecule has 4 nitrogen and oxygen atoms in total. The SMILES string of the molecule is Cc1ccc(C#N)cc1S(=O)(=O)N1[C@H](C)C[C@@H]2CCCC[C@@H]21. The number of nitriles is 1. The van der Waals surface area contributed by atoms with Gasteiger partial charge in [0.15, 0.2) is 0 Å². The van der Waals surface area contributed by atoms with E-state index in [1.807, 2.05) is 13.0 Å². The lowest BCUT2D eigenvalue weighted by atomic mass is 9.85. The van der Waals surface area contributed by atoms with Gasteiger partial charge in [0.05, 0.1) is 16.5 Å². The van der Waals surface area contributed by atoms with Crippen molar-refractivity contribution in [3.8, 4) is 6.07 Å². The van der Waals surface area contributed by atoms with Crippen LogP contribution in [0.4, 0.5) is 0 Å². The molecular formula is C17H22N2O2S. The second-order valence-corrected chi connectivity index (χ2v) is 8.44. The number of hydrogen-bond donors (Lipinski definition) is 0. The zero-order valence-corrected chi connectivity index (χ0v) is 13.9. The van der Waals surface area contributed by atoms with Gasteiger partial charge in [-0.25, -0.2) is 8.42 Å². The smallest absolute Gasteiger partial charge is 0.207 e. The minimum absolute atomic E-state index is 0.0447. The Balaban J connectivity index is 2.04. The molecule has 0 radical (unpaired) electrons. The molecule has 1 aromatic carbocycles. The third kappa shape index (κ3) is 2.45. The first-order chi connectivity index (χ1) is 10.4. The Hall–Kier alpha value is -1.38. The Morgan fingerprint density at radius 1 is 1.27 bits per heavy atom. The zero-order chi connectivity index (χ0) is 15.9. The summed E-state index contributed by atoms with van der Waals surface area (Å²) in [4.78, 5) is 0.296. The molecule has 3 atom stereocenters. The van der Waals surface area contributed by atoms with Gasteiger partial charge < -0.3 is 0 Å². The Morgan fingerprint density at radius 3 is 2.73 bits per heavy atom. The van der Waals surface area contributed by atoms with E-state index >= 15 is 0 Å². The van der Waals surface area contributed by atoms with Gasteiger partial charge in [0.25, 0.3) is 0 Å². The van der Waals surface area contributed by atoms with Gasteiger partial charge in [-0.3, -0.25) is 0 Å².